The number of carbonyl (C=O) groups is 1. The summed E-state index contributed by atoms with van der Waals surface area (Å²) in [6.45, 7) is 4.82. The van der Waals surface area contributed by atoms with Gasteiger partial charge >= 0.3 is 0 Å². The van der Waals surface area contributed by atoms with Gasteiger partial charge < -0.3 is 18.9 Å². The maximum absolute atomic E-state index is 12.5. The van der Waals surface area contributed by atoms with E-state index < -0.39 is 53.4 Å². The van der Waals surface area contributed by atoms with Gasteiger partial charge in [-0.05, 0) is 32.9 Å². The molecule has 9 heteroatoms. The van der Waals surface area contributed by atoms with E-state index in [2.05, 4.69) is 0 Å². The molecular formula is C17H22O8S. The second-order valence-corrected chi connectivity index (χ2v) is 7.91. The van der Waals surface area contributed by atoms with Crippen LogP contribution in [0.1, 0.15) is 19.4 Å². The average Bonchev–Trinajstić information content (AvgIpc) is 2.60. The van der Waals surface area contributed by atoms with Gasteiger partial charge in [-0.3, -0.25) is 8.98 Å². The predicted octanol–water partition coefficient (Wildman–Crippen LogP) is 1.16. The molecule has 2 saturated heterocycles. The number of rotatable bonds is 5. The van der Waals surface area contributed by atoms with Crippen LogP contribution in [0.3, 0.4) is 0 Å². The molecule has 5 atom stereocenters. The molecule has 0 spiro atoms. The minimum absolute atomic E-state index is 0.00835. The van der Waals surface area contributed by atoms with Crippen LogP contribution in [0.2, 0.25) is 0 Å². The number of carbonyl (C=O) groups excluding carboxylic acids is 1. The molecule has 1 aromatic rings. The van der Waals surface area contributed by atoms with Crippen LogP contribution in [-0.2, 0) is 38.0 Å². The predicted molar refractivity (Wildman–Crippen MR) is 88.8 cm³/mol. The van der Waals surface area contributed by atoms with Crippen LogP contribution < -0.4 is 0 Å². The monoisotopic (exact) mass is 386 g/mol. The molecule has 2 fully saturated rings. The molecule has 0 saturated carbocycles. The summed E-state index contributed by atoms with van der Waals surface area (Å²) in [7, 11) is -4.04. The van der Waals surface area contributed by atoms with Crippen molar-refractivity contribution in [3.8, 4) is 0 Å². The normalized spacial score (nSPS) is 32.0. The number of aryl methyl sites for hydroxylation is 1. The first-order chi connectivity index (χ1) is 12.3. The molecule has 2 heterocycles. The number of ketones is 1. The third-order valence-corrected chi connectivity index (χ3v) is 5.47. The summed E-state index contributed by atoms with van der Waals surface area (Å²) in [5.74, 6) is -0.528. The molecular weight excluding hydrogens is 364 g/mol. The van der Waals surface area contributed by atoms with Crippen molar-refractivity contribution in [3.63, 3.8) is 0 Å². The lowest BCUT2D eigenvalue weighted by atomic mass is 10.0. The lowest BCUT2D eigenvalue weighted by molar-refractivity contribution is -0.344. The lowest BCUT2D eigenvalue weighted by Gasteiger charge is -2.43. The molecule has 8 nitrogen and oxygen atoms in total. The summed E-state index contributed by atoms with van der Waals surface area (Å²) in [4.78, 5) is 12.5. The zero-order valence-electron chi connectivity index (χ0n) is 14.8. The van der Waals surface area contributed by atoms with Crippen molar-refractivity contribution in [2.45, 2.75) is 56.6 Å². The number of fused-ring (bicyclic) bond motifs is 1. The quantitative estimate of drug-likeness (QED) is 0.696. The van der Waals surface area contributed by atoms with E-state index in [9.17, 15) is 13.2 Å². The molecule has 2 aliphatic rings. The SMILES string of the molecule is Cc1ccc(S(=O)(=O)OCC(=O)C2OC(C)OC3COC(C)OC32)cc1. The number of ether oxygens (including phenoxy) is 4. The molecule has 144 valence electrons. The van der Waals surface area contributed by atoms with Gasteiger partial charge in [0.15, 0.2) is 24.5 Å². The van der Waals surface area contributed by atoms with Crippen molar-refractivity contribution in [3.05, 3.63) is 29.8 Å². The molecule has 0 amide bonds. The Hall–Kier alpha value is -1.36. The molecule has 0 aliphatic carbocycles. The van der Waals surface area contributed by atoms with E-state index >= 15 is 0 Å². The highest BCUT2D eigenvalue weighted by atomic mass is 32.2. The van der Waals surface area contributed by atoms with Gasteiger partial charge in [0.25, 0.3) is 10.1 Å². The van der Waals surface area contributed by atoms with Gasteiger partial charge in [-0.2, -0.15) is 8.42 Å². The second kappa shape index (κ2) is 7.71. The number of benzene rings is 1. The Labute approximate surface area is 152 Å². The summed E-state index contributed by atoms with van der Waals surface area (Å²) < 4.78 is 51.5. The van der Waals surface area contributed by atoms with Crippen molar-refractivity contribution >= 4 is 15.9 Å². The van der Waals surface area contributed by atoms with Gasteiger partial charge in [0.1, 0.15) is 18.8 Å². The highest BCUT2D eigenvalue weighted by Gasteiger charge is 2.46. The van der Waals surface area contributed by atoms with E-state index in [1.807, 2.05) is 6.92 Å². The van der Waals surface area contributed by atoms with E-state index in [1.165, 1.54) is 12.1 Å². The van der Waals surface area contributed by atoms with Crippen LogP contribution in [0.15, 0.2) is 29.2 Å². The second-order valence-electron chi connectivity index (χ2n) is 6.30. The maximum Gasteiger partial charge on any atom is 0.297 e. The van der Waals surface area contributed by atoms with Crippen molar-refractivity contribution in [1.82, 2.24) is 0 Å². The zero-order valence-corrected chi connectivity index (χ0v) is 15.6. The summed E-state index contributed by atoms with van der Waals surface area (Å²) in [5.41, 5.74) is 0.918. The Kier molecular flexibility index (Phi) is 5.75. The van der Waals surface area contributed by atoms with Crippen LogP contribution in [0.4, 0.5) is 0 Å². The molecule has 0 aromatic heterocycles. The number of Topliss-reactive ketones (excluding diaryl/α,β-unsaturated/α-hetero) is 1. The van der Waals surface area contributed by atoms with E-state index in [0.29, 0.717) is 0 Å². The maximum atomic E-state index is 12.5. The van der Waals surface area contributed by atoms with Crippen molar-refractivity contribution in [2.24, 2.45) is 0 Å². The minimum Gasteiger partial charge on any atom is -0.350 e. The third kappa shape index (κ3) is 4.30. The van der Waals surface area contributed by atoms with Gasteiger partial charge in [0, 0.05) is 0 Å². The largest absolute Gasteiger partial charge is 0.350 e. The first-order valence-electron chi connectivity index (χ1n) is 8.33. The average molecular weight is 386 g/mol. The van der Waals surface area contributed by atoms with Crippen molar-refractivity contribution < 1.29 is 36.3 Å². The summed E-state index contributed by atoms with van der Waals surface area (Å²) >= 11 is 0. The van der Waals surface area contributed by atoms with Crippen LogP contribution in [-0.4, -0.2) is 58.3 Å². The van der Waals surface area contributed by atoms with E-state index in [-0.39, 0.29) is 11.5 Å². The standard InChI is InChI=1S/C17H22O8S/c1-10-4-6-13(7-5-10)26(19,20)22-8-14(18)16-17-15(23-12(3)25-16)9-21-11(2)24-17/h4-7,11-12,15-17H,8-9H2,1-3H3. The molecule has 0 bridgehead atoms. The van der Waals surface area contributed by atoms with Crippen LogP contribution in [0.5, 0.6) is 0 Å². The molecule has 2 aliphatic heterocycles. The fourth-order valence-corrected chi connectivity index (χ4v) is 3.75. The zero-order chi connectivity index (χ0) is 18.9. The Morgan fingerprint density at radius 3 is 2.50 bits per heavy atom. The molecule has 0 radical (unpaired) electrons. The van der Waals surface area contributed by atoms with Crippen LogP contribution >= 0.6 is 0 Å². The van der Waals surface area contributed by atoms with Gasteiger partial charge in [0.2, 0.25) is 0 Å². The first-order valence-corrected chi connectivity index (χ1v) is 9.74. The lowest BCUT2D eigenvalue weighted by Crippen LogP contribution is -2.59. The van der Waals surface area contributed by atoms with Crippen molar-refractivity contribution in [1.29, 1.82) is 0 Å². The molecule has 1 aromatic carbocycles. The topological polar surface area (TPSA) is 97.4 Å². The van der Waals surface area contributed by atoms with Gasteiger partial charge in [-0.15, -0.1) is 0 Å². The molecule has 3 rings (SSSR count). The first kappa shape index (κ1) is 19.4. The van der Waals surface area contributed by atoms with Crippen molar-refractivity contribution in [2.75, 3.05) is 13.2 Å². The van der Waals surface area contributed by atoms with Crippen LogP contribution in [0.25, 0.3) is 0 Å². The Balaban J connectivity index is 1.67. The van der Waals surface area contributed by atoms with E-state index in [1.54, 1.807) is 26.0 Å². The smallest absolute Gasteiger partial charge is 0.297 e. The van der Waals surface area contributed by atoms with E-state index in [4.69, 9.17) is 23.1 Å². The Bertz CT molecular complexity index is 745. The highest BCUT2D eigenvalue weighted by molar-refractivity contribution is 7.86. The molecule has 5 unspecified atom stereocenters. The summed E-state index contributed by atoms with van der Waals surface area (Å²) in [5, 5.41) is 0. The summed E-state index contributed by atoms with van der Waals surface area (Å²) in [6.07, 6.45) is -3.27. The van der Waals surface area contributed by atoms with E-state index in [0.717, 1.165) is 5.56 Å². The fourth-order valence-electron chi connectivity index (χ4n) is 2.87. The highest BCUT2D eigenvalue weighted by Crippen LogP contribution is 2.28. The van der Waals surface area contributed by atoms with Gasteiger partial charge in [-0.1, -0.05) is 17.7 Å². The van der Waals surface area contributed by atoms with Gasteiger partial charge in [0.05, 0.1) is 11.5 Å². The minimum atomic E-state index is -4.04. The van der Waals surface area contributed by atoms with Crippen LogP contribution in [0, 0.1) is 6.92 Å². The third-order valence-electron chi connectivity index (χ3n) is 4.20. The number of hydrogen-bond donors (Lipinski definition) is 0. The molecule has 26 heavy (non-hydrogen) atoms. The summed E-state index contributed by atoms with van der Waals surface area (Å²) in [6, 6.07) is 6.18. The molecule has 0 N–H and O–H groups in total. The Morgan fingerprint density at radius 1 is 1.12 bits per heavy atom. The Morgan fingerprint density at radius 2 is 1.81 bits per heavy atom. The van der Waals surface area contributed by atoms with Gasteiger partial charge in [-0.25, -0.2) is 0 Å². The number of hydrogen-bond acceptors (Lipinski definition) is 8. The fraction of sp³-hybridized carbons (Fsp3) is 0.588.